The fourth-order valence-electron chi connectivity index (χ4n) is 1.91. The van der Waals surface area contributed by atoms with E-state index in [1.165, 1.54) is 11.1 Å². The molecule has 0 spiro atoms. The van der Waals surface area contributed by atoms with Crippen molar-refractivity contribution in [1.82, 2.24) is 10.6 Å². The number of hydrogen-bond donors (Lipinski definition) is 2. The van der Waals surface area contributed by atoms with Gasteiger partial charge in [-0.05, 0) is 30.9 Å². The van der Waals surface area contributed by atoms with Gasteiger partial charge in [-0.3, -0.25) is 4.99 Å². The van der Waals surface area contributed by atoms with Crippen LogP contribution in [-0.4, -0.2) is 25.7 Å². The summed E-state index contributed by atoms with van der Waals surface area (Å²) in [6.07, 6.45) is 2.12. The summed E-state index contributed by atoms with van der Waals surface area (Å²) >= 11 is 0. The van der Waals surface area contributed by atoms with Gasteiger partial charge in [0.2, 0.25) is 0 Å². The average molecular weight is 419 g/mol. The second-order valence-electron chi connectivity index (χ2n) is 5.20. The fraction of sp³-hybridized carbons (Fsp3) is 0.588. The Morgan fingerprint density at radius 1 is 1.23 bits per heavy atom. The fourth-order valence-corrected chi connectivity index (χ4v) is 1.91. The number of halogens is 1. The van der Waals surface area contributed by atoms with E-state index in [0.29, 0.717) is 12.6 Å². The number of guanidine groups is 1. The van der Waals surface area contributed by atoms with Crippen molar-refractivity contribution in [1.29, 1.82) is 0 Å². The summed E-state index contributed by atoms with van der Waals surface area (Å²) in [7, 11) is 1.80. The van der Waals surface area contributed by atoms with Crippen molar-refractivity contribution in [2.45, 2.75) is 52.8 Å². The lowest BCUT2D eigenvalue weighted by molar-refractivity contribution is 0.121. The second-order valence-corrected chi connectivity index (χ2v) is 5.20. The zero-order valence-electron chi connectivity index (χ0n) is 14.2. The van der Waals surface area contributed by atoms with Gasteiger partial charge in [0, 0.05) is 26.2 Å². The summed E-state index contributed by atoms with van der Waals surface area (Å²) < 4.78 is 5.65. The highest BCUT2D eigenvalue weighted by Gasteiger charge is 2.05. The van der Waals surface area contributed by atoms with Gasteiger partial charge in [0.25, 0.3) is 0 Å². The molecule has 1 atom stereocenters. The van der Waals surface area contributed by atoms with Crippen LogP contribution in [0, 0.1) is 0 Å². The van der Waals surface area contributed by atoms with E-state index in [1.54, 1.807) is 7.05 Å². The van der Waals surface area contributed by atoms with E-state index in [4.69, 9.17) is 4.74 Å². The van der Waals surface area contributed by atoms with Crippen molar-refractivity contribution in [3.8, 4) is 0 Å². The molecule has 1 unspecified atom stereocenters. The van der Waals surface area contributed by atoms with Crippen molar-refractivity contribution in [3.05, 3.63) is 35.4 Å². The van der Waals surface area contributed by atoms with Crippen LogP contribution >= 0.6 is 24.0 Å². The Hall–Kier alpha value is -0.820. The molecule has 0 heterocycles. The summed E-state index contributed by atoms with van der Waals surface area (Å²) in [5.74, 6) is 0.841. The molecule has 0 aliphatic rings. The maximum absolute atomic E-state index is 5.65. The van der Waals surface area contributed by atoms with Gasteiger partial charge in [-0.1, -0.05) is 38.1 Å². The van der Waals surface area contributed by atoms with Crippen LogP contribution in [0.2, 0.25) is 0 Å². The Labute approximate surface area is 152 Å². The number of benzene rings is 1. The first kappa shape index (κ1) is 21.2. The van der Waals surface area contributed by atoms with E-state index < -0.39 is 0 Å². The van der Waals surface area contributed by atoms with Crippen molar-refractivity contribution in [2.24, 2.45) is 4.99 Å². The summed E-state index contributed by atoms with van der Waals surface area (Å²) in [5, 5.41) is 6.73. The van der Waals surface area contributed by atoms with Crippen LogP contribution in [0.25, 0.3) is 0 Å². The van der Waals surface area contributed by atoms with E-state index in [2.05, 4.69) is 60.7 Å². The Morgan fingerprint density at radius 3 is 2.50 bits per heavy atom. The monoisotopic (exact) mass is 419 g/mol. The molecule has 0 saturated heterocycles. The molecule has 0 aliphatic carbocycles. The number of nitrogens with one attached hydrogen (secondary N) is 2. The lowest BCUT2D eigenvalue weighted by Crippen LogP contribution is -2.41. The largest absolute Gasteiger partial charge is 0.377 e. The minimum absolute atomic E-state index is 0. The zero-order chi connectivity index (χ0) is 15.5. The maximum atomic E-state index is 5.65. The number of nitrogens with zero attached hydrogens (tertiary/aromatic N) is 1. The van der Waals surface area contributed by atoms with E-state index in [1.807, 2.05) is 0 Å². The van der Waals surface area contributed by atoms with Crippen LogP contribution in [0.3, 0.4) is 0 Å². The Balaban J connectivity index is 0.00000441. The van der Waals surface area contributed by atoms with Crippen molar-refractivity contribution in [3.63, 3.8) is 0 Å². The minimum Gasteiger partial charge on any atom is -0.377 e. The summed E-state index contributed by atoms with van der Waals surface area (Å²) in [5.41, 5.74) is 2.48. The predicted molar refractivity (Wildman–Crippen MR) is 105 cm³/mol. The molecule has 0 aromatic heterocycles. The molecule has 0 aliphatic heterocycles. The zero-order valence-corrected chi connectivity index (χ0v) is 16.5. The highest BCUT2D eigenvalue weighted by Crippen LogP contribution is 2.10. The molecule has 0 radical (unpaired) electrons. The molecule has 4 nitrogen and oxygen atoms in total. The van der Waals surface area contributed by atoms with Gasteiger partial charge in [0.15, 0.2) is 5.96 Å². The number of ether oxygens (including phenoxy) is 1. The lowest BCUT2D eigenvalue weighted by Gasteiger charge is -2.17. The lowest BCUT2D eigenvalue weighted by atomic mass is 10.1. The van der Waals surface area contributed by atoms with Gasteiger partial charge in [0.05, 0.1) is 6.61 Å². The topological polar surface area (TPSA) is 45.6 Å². The van der Waals surface area contributed by atoms with Crippen LogP contribution in [-0.2, 0) is 17.9 Å². The third kappa shape index (κ3) is 7.98. The maximum Gasteiger partial charge on any atom is 0.191 e. The van der Waals surface area contributed by atoms with Crippen molar-refractivity contribution in [2.75, 3.05) is 13.7 Å². The van der Waals surface area contributed by atoms with E-state index in [0.717, 1.165) is 32.0 Å². The third-order valence-corrected chi connectivity index (χ3v) is 3.39. The molecular formula is C17H30IN3O. The first-order chi connectivity index (χ1) is 10.2. The SMILES string of the molecule is CCCOCc1ccccc1CNC(=NC)NC(C)CC.I. The van der Waals surface area contributed by atoms with Gasteiger partial charge < -0.3 is 15.4 Å². The van der Waals surface area contributed by atoms with Crippen molar-refractivity contribution < 1.29 is 4.74 Å². The molecule has 0 amide bonds. The number of rotatable bonds is 8. The second kappa shape index (κ2) is 12.7. The Morgan fingerprint density at radius 2 is 1.91 bits per heavy atom. The van der Waals surface area contributed by atoms with Gasteiger partial charge in [-0.25, -0.2) is 0 Å². The van der Waals surface area contributed by atoms with Gasteiger partial charge >= 0.3 is 0 Å². The quantitative estimate of drug-likeness (QED) is 0.292. The van der Waals surface area contributed by atoms with Crippen LogP contribution in [0.4, 0.5) is 0 Å². The summed E-state index contributed by atoms with van der Waals surface area (Å²) in [6, 6.07) is 8.79. The molecule has 0 fully saturated rings. The predicted octanol–water partition coefficient (Wildman–Crippen LogP) is 3.69. The first-order valence-corrected chi connectivity index (χ1v) is 7.82. The number of aliphatic imine (C=N–C) groups is 1. The molecule has 126 valence electrons. The van der Waals surface area contributed by atoms with E-state index >= 15 is 0 Å². The first-order valence-electron chi connectivity index (χ1n) is 7.82. The molecule has 0 bridgehead atoms. The smallest absolute Gasteiger partial charge is 0.191 e. The number of hydrogen-bond acceptors (Lipinski definition) is 2. The molecule has 2 N–H and O–H groups in total. The van der Waals surface area contributed by atoms with Crippen LogP contribution < -0.4 is 10.6 Å². The van der Waals surface area contributed by atoms with Gasteiger partial charge in [-0.15, -0.1) is 24.0 Å². The highest BCUT2D eigenvalue weighted by molar-refractivity contribution is 14.0. The standard InChI is InChI=1S/C17H29N3O.HI/c1-5-11-21-13-16-10-8-7-9-15(16)12-19-17(18-4)20-14(3)6-2;/h7-10,14H,5-6,11-13H2,1-4H3,(H2,18,19,20);1H. The molecule has 1 rings (SSSR count). The van der Waals surface area contributed by atoms with E-state index in [-0.39, 0.29) is 24.0 Å². The Kier molecular flexibility index (Phi) is 12.2. The van der Waals surface area contributed by atoms with E-state index in [9.17, 15) is 0 Å². The molecule has 5 heteroatoms. The van der Waals surface area contributed by atoms with Crippen molar-refractivity contribution >= 4 is 29.9 Å². The highest BCUT2D eigenvalue weighted by atomic mass is 127. The average Bonchev–Trinajstić information content (AvgIpc) is 2.52. The minimum atomic E-state index is 0. The third-order valence-electron chi connectivity index (χ3n) is 3.39. The summed E-state index contributed by atoms with van der Waals surface area (Å²) in [6.45, 7) is 8.66. The van der Waals surface area contributed by atoms with Crippen LogP contribution in [0.15, 0.2) is 29.3 Å². The summed E-state index contributed by atoms with van der Waals surface area (Å²) in [4.78, 5) is 4.26. The van der Waals surface area contributed by atoms with Gasteiger partial charge in [-0.2, -0.15) is 0 Å². The molecule has 22 heavy (non-hydrogen) atoms. The normalized spacial score (nSPS) is 12.5. The molecule has 0 saturated carbocycles. The molecular weight excluding hydrogens is 389 g/mol. The van der Waals surface area contributed by atoms with Crippen LogP contribution in [0.1, 0.15) is 44.7 Å². The molecule has 1 aromatic carbocycles. The van der Waals surface area contributed by atoms with Gasteiger partial charge in [0.1, 0.15) is 0 Å². The Bertz CT molecular complexity index is 438. The molecule has 1 aromatic rings. The van der Waals surface area contributed by atoms with Crippen LogP contribution in [0.5, 0.6) is 0 Å².